The van der Waals surface area contributed by atoms with Gasteiger partial charge in [-0.2, -0.15) is 5.10 Å². The zero-order valence-electron chi connectivity index (χ0n) is 16.1. The number of carbonyl (C=O) groups excluding carboxylic acids is 2. The van der Waals surface area contributed by atoms with Gasteiger partial charge in [0.1, 0.15) is 5.69 Å². The highest BCUT2D eigenvalue weighted by molar-refractivity contribution is 5.92. The van der Waals surface area contributed by atoms with Crippen LogP contribution in [0.25, 0.3) is 0 Å². The summed E-state index contributed by atoms with van der Waals surface area (Å²) in [5, 5.41) is 7.19. The van der Waals surface area contributed by atoms with Gasteiger partial charge in [-0.15, -0.1) is 0 Å². The van der Waals surface area contributed by atoms with Gasteiger partial charge in [0.05, 0.1) is 6.04 Å². The third-order valence-electron chi connectivity index (χ3n) is 5.88. The number of hydrogen-bond donors (Lipinski definition) is 1. The molecule has 2 amide bonds. The van der Waals surface area contributed by atoms with Gasteiger partial charge in [-0.1, -0.05) is 12.8 Å². The summed E-state index contributed by atoms with van der Waals surface area (Å²) < 4.78 is 1.58. The number of carbonyl (C=O) groups is 2. The molecule has 0 aromatic carbocycles. The summed E-state index contributed by atoms with van der Waals surface area (Å²) in [4.78, 5) is 29.9. The average Bonchev–Trinajstić information content (AvgIpc) is 3.35. The molecule has 1 aliphatic heterocycles. The fourth-order valence-corrected chi connectivity index (χ4v) is 4.45. The minimum atomic E-state index is -0.116. The number of nitrogens with one attached hydrogen (secondary N) is 1. The van der Waals surface area contributed by atoms with Crippen LogP contribution in [0, 0.1) is 0 Å². The van der Waals surface area contributed by atoms with Crippen molar-refractivity contribution in [2.45, 2.75) is 64.1 Å². The van der Waals surface area contributed by atoms with Crippen LogP contribution >= 0.6 is 0 Å². The third-order valence-corrected chi connectivity index (χ3v) is 5.88. The van der Waals surface area contributed by atoms with Gasteiger partial charge in [-0.3, -0.25) is 19.2 Å². The highest BCUT2D eigenvalue weighted by atomic mass is 16.2. The van der Waals surface area contributed by atoms with Crippen LogP contribution in [0.3, 0.4) is 0 Å². The van der Waals surface area contributed by atoms with Gasteiger partial charge in [0.2, 0.25) is 5.91 Å². The average molecular weight is 361 g/mol. The largest absolute Gasteiger partial charge is 0.347 e. The van der Waals surface area contributed by atoms with Crippen molar-refractivity contribution in [2.24, 2.45) is 7.05 Å². The van der Waals surface area contributed by atoms with E-state index in [0.29, 0.717) is 18.2 Å². The molecule has 1 saturated heterocycles. The number of aromatic nitrogens is 2. The van der Waals surface area contributed by atoms with Crippen molar-refractivity contribution >= 4 is 11.8 Å². The summed E-state index contributed by atoms with van der Waals surface area (Å²) in [6.07, 6.45) is 7.10. The van der Waals surface area contributed by atoms with Crippen molar-refractivity contribution in [3.05, 3.63) is 18.0 Å². The number of rotatable bonds is 6. The zero-order valence-corrected chi connectivity index (χ0v) is 16.1. The number of likely N-dealkylation sites (tertiary alicyclic amines) is 1. The fourth-order valence-electron chi connectivity index (χ4n) is 4.45. The second-order valence-corrected chi connectivity index (χ2v) is 7.41. The Morgan fingerprint density at radius 3 is 2.54 bits per heavy atom. The summed E-state index contributed by atoms with van der Waals surface area (Å²) in [7, 11) is 1.76. The summed E-state index contributed by atoms with van der Waals surface area (Å²) in [6, 6.07) is 2.08. The first kappa shape index (κ1) is 18.9. The summed E-state index contributed by atoms with van der Waals surface area (Å²) in [5.41, 5.74) is 0.552. The lowest BCUT2D eigenvalue weighted by molar-refractivity contribution is -0.136. The number of aryl methyl sites for hydroxylation is 1. The van der Waals surface area contributed by atoms with Crippen LogP contribution in [0.15, 0.2) is 12.3 Å². The first-order valence-electron chi connectivity index (χ1n) is 9.88. The van der Waals surface area contributed by atoms with E-state index in [1.165, 1.54) is 12.8 Å². The van der Waals surface area contributed by atoms with Crippen LogP contribution in [-0.4, -0.2) is 69.2 Å². The molecule has 0 radical (unpaired) electrons. The Kier molecular flexibility index (Phi) is 5.96. The van der Waals surface area contributed by atoms with E-state index < -0.39 is 0 Å². The predicted molar refractivity (Wildman–Crippen MR) is 99.8 cm³/mol. The van der Waals surface area contributed by atoms with E-state index >= 15 is 0 Å². The second kappa shape index (κ2) is 8.20. The monoisotopic (exact) mass is 361 g/mol. The van der Waals surface area contributed by atoms with E-state index in [2.05, 4.69) is 15.3 Å². The van der Waals surface area contributed by atoms with Gasteiger partial charge in [0.25, 0.3) is 5.91 Å². The minimum Gasteiger partial charge on any atom is -0.347 e. The smallest absolute Gasteiger partial charge is 0.269 e. The van der Waals surface area contributed by atoms with E-state index in [4.69, 9.17) is 0 Å². The van der Waals surface area contributed by atoms with Gasteiger partial charge >= 0.3 is 0 Å². The molecule has 0 bridgehead atoms. The SMILES string of the molecule is CCN(CC)C(=O)[C@@H]1C[C@H](NC(=O)c2ccnn2C)CN1C1CCCC1. The molecule has 1 saturated carbocycles. The number of likely N-dealkylation sites (N-methyl/N-ethyl adjacent to an activating group) is 1. The van der Waals surface area contributed by atoms with Crippen LogP contribution in [0.5, 0.6) is 0 Å². The quantitative estimate of drug-likeness (QED) is 0.832. The number of hydrogen-bond acceptors (Lipinski definition) is 4. The molecular formula is C19H31N5O2. The second-order valence-electron chi connectivity index (χ2n) is 7.41. The molecule has 2 aliphatic rings. The van der Waals surface area contributed by atoms with Crippen LogP contribution in [0.2, 0.25) is 0 Å². The number of nitrogens with zero attached hydrogens (tertiary/aromatic N) is 4. The van der Waals surface area contributed by atoms with Gasteiger partial charge in [0, 0.05) is 45.0 Å². The normalized spacial score (nSPS) is 24.1. The molecule has 0 spiro atoms. The maximum atomic E-state index is 13.0. The van der Waals surface area contributed by atoms with Crippen LogP contribution in [0.4, 0.5) is 0 Å². The molecule has 7 heteroatoms. The Morgan fingerprint density at radius 1 is 1.27 bits per heavy atom. The van der Waals surface area contributed by atoms with Crippen LogP contribution in [0.1, 0.15) is 56.4 Å². The van der Waals surface area contributed by atoms with E-state index in [1.807, 2.05) is 18.7 Å². The molecule has 2 atom stereocenters. The Labute approximate surface area is 155 Å². The Bertz CT molecular complexity index is 634. The molecule has 3 rings (SSSR count). The molecule has 2 fully saturated rings. The maximum Gasteiger partial charge on any atom is 0.269 e. The highest BCUT2D eigenvalue weighted by Gasteiger charge is 2.42. The summed E-state index contributed by atoms with van der Waals surface area (Å²) >= 11 is 0. The first-order valence-corrected chi connectivity index (χ1v) is 9.88. The molecular weight excluding hydrogens is 330 g/mol. The van der Waals surface area contributed by atoms with Crippen LogP contribution in [-0.2, 0) is 11.8 Å². The molecule has 1 aromatic rings. The van der Waals surface area contributed by atoms with Crippen LogP contribution < -0.4 is 5.32 Å². The Balaban J connectivity index is 1.72. The minimum absolute atomic E-state index is 0.00233. The Morgan fingerprint density at radius 2 is 1.96 bits per heavy atom. The van der Waals surface area contributed by atoms with Crippen molar-refractivity contribution in [3.8, 4) is 0 Å². The molecule has 7 nitrogen and oxygen atoms in total. The van der Waals surface area contributed by atoms with E-state index in [-0.39, 0.29) is 23.9 Å². The molecule has 1 aromatic heterocycles. The third kappa shape index (κ3) is 3.77. The molecule has 0 unspecified atom stereocenters. The maximum absolute atomic E-state index is 13.0. The fraction of sp³-hybridized carbons (Fsp3) is 0.737. The van der Waals surface area contributed by atoms with E-state index in [1.54, 1.807) is 24.0 Å². The molecule has 2 heterocycles. The van der Waals surface area contributed by atoms with Gasteiger partial charge in [-0.05, 0) is 39.2 Å². The van der Waals surface area contributed by atoms with Crippen molar-refractivity contribution < 1.29 is 9.59 Å². The van der Waals surface area contributed by atoms with Crippen molar-refractivity contribution in [2.75, 3.05) is 19.6 Å². The molecule has 1 aliphatic carbocycles. The van der Waals surface area contributed by atoms with Crippen molar-refractivity contribution in [1.29, 1.82) is 0 Å². The lowest BCUT2D eigenvalue weighted by atomic mass is 10.1. The van der Waals surface area contributed by atoms with Gasteiger partial charge in [-0.25, -0.2) is 0 Å². The molecule has 1 N–H and O–H groups in total. The topological polar surface area (TPSA) is 70.5 Å². The standard InChI is InChI=1S/C19H31N5O2/c1-4-23(5-2)19(26)17-12-14(13-24(17)15-8-6-7-9-15)21-18(25)16-10-11-20-22(16)3/h10-11,14-15,17H,4-9,12-13H2,1-3H3,(H,21,25)/t14-,17-/m0/s1. The highest BCUT2D eigenvalue weighted by Crippen LogP contribution is 2.31. The Hall–Kier alpha value is -1.89. The van der Waals surface area contributed by atoms with Crippen molar-refractivity contribution in [1.82, 2.24) is 24.9 Å². The molecule has 26 heavy (non-hydrogen) atoms. The first-order chi connectivity index (χ1) is 12.5. The van der Waals surface area contributed by atoms with E-state index in [0.717, 1.165) is 32.5 Å². The summed E-state index contributed by atoms with van der Waals surface area (Å²) in [6.45, 7) is 6.27. The van der Waals surface area contributed by atoms with Gasteiger partial charge in [0.15, 0.2) is 0 Å². The molecule has 144 valence electrons. The summed E-state index contributed by atoms with van der Waals surface area (Å²) in [5.74, 6) is 0.0940. The zero-order chi connectivity index (χ0) is 18.7. The lowest BCUT2D eigenvalue weighted by Gasteiger charge is -2.32. The predicted octanol–water partition coefficient (Wildman–Crippen LogP) is 1.40. The van der Waals surface area contributed by atoms with Gasteiger partial charge < -0.3 is 10.2 Å². The van der Waals surface area contributed by atoms with E-state index in [9.17, 15) is 9.59 Å². The lowest BCUT2D eigenvalue weighted by Crippen LogP contribution is -2.48. The van der Waals surface area contributed by atoms with Crippen molar-refractivity contribution in [3.63, 3.8) is 0 Å². The number of amides is 2.